The predicted molar refractivity (Wildman–Crippen MR) is 73.3 cm³/mol. The van der Waals surface area contributed by atoms with Gasteiger partial charge in [-0.3, -0.25) is 4.40 Å². The summed E-state index contributed by atoms with van der Waals surface area (Å²) in [6.45, 7) is 0.279. The van der Waals surface area contributed by atoms with Crippen molar-refractivity contribution >= 4 is 22.0 Å². The zero-order valence-electron chi connectivity index (χ0n) is 10.6. The predicted octanol–water partition coefficient (Wildman–Crippen LogP) is 3.29. The number of fused-ring (bicyclic) bond motifs is 1. The summed E-state index contributed by atoms with van der Waals surface area (Å²) in [7, 11) is 1.53. The third-order valence-electron chi connectivity index (χ3n) is 2.89. The van der Waals surface area contributed by atoms with E-state index in [4.69, 9.17) is 4.74 Å². The van der Waals surface area contributed by atoms with Gasteiger partial charge in [0, 0.05) is 11.6 Å². The van der Waals surface area contributed by atoms with Crippen molar-refractivity contribution in [2.45, 2.75) is 6.54 Å². The van der Waals surface area contributed by atoms with Crippen LogP contribution in [0.25, 0.3) is 4.96 Å². The monoisotopic (exact) mass is 295 g/mol. The Labute approximate surface area is 117 Å². The van der Waals surface area contributed by atoms with Gasteiger partial charge in [-0.2, -0.15) is 4.98 Å². The van der Waals surface area contributed by atoms with Gasteiger partial charge in [0.25, 0.3) is 0 Å². The summed E-state index contributed by atoms with van der Waals surface area (Å²) in [6.07, 6.45) is 1.86. The van der Waals surface area contributed by atoms with Crippen molar-refractivity contribution < 1.29 is 13.5 Å². The second-order valence-corrected chi connectivity index (χ2v) is 4.97. The van der Waals surface area contributed by atoms with Gasteiger partial charge in [-0.25, -0.2) is 8.78 Å². The number of hydrogen-bond acceptors (Lipinski definition) is 4. The molecule has 7 heteroatoms. The lowest BCUT2D eigenvalue weighted by molar-refractivity contribution is 0.395. The molecule has 4 nitrogen and oxygen atoms in total. The van der Waals surface area contributed by atoms with Gasteiger partial charge in [0.05, 0.1) is 19.3 Å². The van der Waals surface area contributed by atoms with Crippen molar-refractivity contribution in [2.75, 3.05) is 12.4 Å². The van der Waals surface area contributed by atoms with Gasteiger partial charge in [0.2, 0.25) is 5.88 Å². The number of thiazole rings is 1. The third-order valence-corrected chi connectivity index (χ3v) is 3.65. The number of rotatable bonds is 4. The van der Waals surface area contributed by atoms with Crippen LogP contribution in [0.2, 0.25) is 0 Å². The van der Waals surface area contributed by atoms with Gasteiger partial charge >= 0.3 is 0 Å². The van der Waals surface area contributed by atoms with E-state index in [2.05, 4.69) is 10.3 Å². The Bertz CT molecular complexity index is 753. The van der Waals surface area contributed by atoms with E-state index in [9.17, 15) is 8.78 Å². The fraction of sp³-hybridized carbons (Fsp3) is 0.154. The van der Waals surface area contributed by atoms with Crippen LogP contribution in [0.5, 0.6) is 5.88 Å². The van der Waals surface area contributed by atoms with Crippen LogP contribution >= 0.6 is 11.3 Å². The van der Waals surface area contributed by atoms with E-state index in [0.29, 0.717) is 5.88 Å². The first-order chi connectivity index (χ1) is 9.69. The second kappa shape index (κ2) is 5.09. The van der Waals surface area contributed by atoms with Crippen LogP contribution in [0.4, 0.5) is 14.5 Å². The normalized spacial score (nSPS) is 10.9. The molecule has 3 aromatic rings. The lowest BCUT2D eigenvalue weighted by Gasteiger charge is -2.08. The molecule has 0 fully saturated rings. The summed E-state index contributed by atoms with van der Waals surface area (Å²) in [5.41, 5.74) is 0.865. The molecule has 0 unspecified atom stereocenters. The molecular weight excluding hydrogens is 284 g/mol. The summed E-state index contributed by atoms with van der Waals surface area (Å²) in [5.74, 6) is -0.521. The standard InChI is InChI=1S/C13H11F2N3OS/c1-19-12-11(18-4-5-20-13(18)17-12)7-16-10-6-8(14)2-3-9(10)15/h2-6,16H,7H2,1H3. The maximum atomic E-state index is 13.6. The quantitative estimate of drug-likeness (QED) is 0.802. The van der Waals surface area contributed by atoms with Gasteiger partial charge in [-0.05, 0) is 18.2 Å². The number of ether oxygens (including phenoxy) is 1. The molecule has 0 atom stereocenters. The Kier molecular flexibility index (Phi) is 3.27. The van der Waals surface area contributed by atoms with Crippen molar-refractivity contribution in [1.82, 2.24) is 9.38 Å². The van der Waals surface area contributed by atoms with Crippen molar-refractivity contribution in [2.24, 2.45) is 0 Å². The van der Waals surface area contributed by atoms with E-state index in [1.54, 1.807) is 0 Å². The third kappa shape index (κ3) is 2.20. The molecular formula is C13H11F2N3OS. The lowest BCUT2D eigenvalue weighted by Crippen LogP contribution is -2.05. The minimum Gasteiger partial charge on any atom is -0.480 e. The molecule has 0 bridgehead atoms. The molecule has 0 radical (unpaired) electrons. The fourth-order valence-corrected chi connectivity index (χ4v) is 2.67. The lowest BCUT2D eigenvalue weighted by atomic mass is 10.3. The number of aromatic nitrogens is 2. The summed E-state index contributed by atoms with van der Waals surface area (Å²) in [6, 6.07) is 3.29. The molecule has 1 N–H and O–H groups in total. The molecule has 0 saturated heterocycles. The second-order valence-electron chi connectivity index (χ2n) is 4.10. The molecule has 0 aliphatic heterocycles. The smallest absolute Gasteiger partial charge is 0.238 e. The van der Waals surface area contributed by atoms with E-state index in [-0.39, 0.29) is 12.2 Å². The molecule has 0 aliphatic carbocycles. The number of halogens is 2. The number of methoxy groups -OCH3 is 1. The Morgan fingerprint density at radius 3 is 3.05 bits per heavy atom. The Morgan fingerprint density at radius 2 is 2.25 bits per heavy atom. The van der Waals surface area contributed by atoms with E-state index in [0.717, 1.165) is 28.9 Å². The molecule has 0 spiro atoms. The van der Waals surface area contributed by atoms with Crippen LogP contribution in [-0.4, -0.2) is 16.5 Å². The number of nitrogens with zero attached hydrogens (tertiary/aromatic N) is 2. The van der Waals surface area contributed by atoms with Gasteiger partial charge < -0.3 is 10.1 Å². The van der Waals surface area contributed by atoms with Crippen LogP contribution in [0, 0.1) is 11.6 Å². The summed E-state index contributed by atoms with van der Waals surface area (Å²) >= 11 is 1.47. The zero-order chi connectivity index (χ0) is 14.1. The van der Waals surface area contributed by atoms with Gasteiger partial charge in [-0.1, -0.05) is 0 Å². The van der Waals surface area contributed by atoms with E-state index < -0.39 is 11.6 Å². The molecule has 20 heavy (non-hydrogen) atoms. The number of nitrogens with one attached hydrogen (secondary N) is 1. The summed E-state index contributed by atoms with van der Waals surface area (Å²) in [4.78, 5) is 5.09. The molecule has 1 aromatic carbocycles. The summed E-state index contributed by atoms with van der Waals surface area (Å²) in [5, 5.41) is 4.76. The first-order valence-corrected chi connectivity index (χ1v) is 6.74. The highest BCUT2D eigenvalue weighted by Crippen LogP contribution is 2.24. The van der Waals surface area contributed by atoms with Gasteiger partial charge in [0.1, 0.15) is 17.3 Å². The molecule has 104 valence electrons. The highest BCUT2D eigenvalue weighted by molar-refractivity contribution is 7.15. The number of hydrogen-bond donors (Lipinski definition) is 1. The van der Waals surface area contributed by atoms with Crippen molar-refractivity contribution in [3.63, 3.8) is 0 Å². The van der Waals surface area contributed by atoms with Gasteiger partial charge in [0.15, 0.2) is 4.96 Å². The van der Waals surface area contributed by atoms with E-state index >= 15 is 0 Å². The first-order valence-electron chi connectivity index (χ1n) is 5.86. The molecule has 2 aromatic heterocycles. The SMILES string of the molecule is COc1nc2sccn2c1CNc1cc(F)ccc1F. The molecule has 0 amide bonds. The summed E-state index contributed by atoms with van der Waals surface area (Å²) < 4.78 is 33.7. The minimum atomic E-state index is -0.503. The van der Waals surface area contributed by atoms with Gasteiger partial charge in [-0.15, -0.1) is 11.3 Å². The number of benzene rings is 1. The first kappa shape index (κ1) is 12.9. The zero-order valence-corrected chi connectivity index (χ0v) is 11.4. The topological polar surface area (TPSA) is 38.6 Å². The van der Waals surface area contributed by atoms with Crippen molar-refractivity contribution in [3.8, 4) is 5.88 Å². The average molecular weight is 295 g/mol. The highest BCUT2D eigenvalue weighted by Gasteiger charge is 2.14. The fourth-order valence-electron chi connectivity index (χ4n) is 1.95. The van der Waals surface area contributed by atoms with Crippen LogP contribution in [0.1, 0.15) is 5.69 Å². The van der Waals surface area contributed by atoms with E-state index in [1.807, 2.05) is 16.0 Å². The average Bonchev–Trinajstić information content (AvgIpc) is 3.00. The number of anilines is 1. The van der Waals surface area contributed by atoms with Crippen molar-refractivity contribution in [3.05, 3.63) is 47.1 Å². The molecule has 3 rings (SSSR count). The van der Waals surface area contributed by atoms with Crippen molar-refractivity contribution in [1.29, 1.82) is 0 Å². The highest BCUT2D eigenvalue weighted by atomic mass is 32.1. The van der Waals surface area contributed by atoms with Crippen LogP contribution < -0.4 is 10.1 Å². The molecule has 0 saturated carbocycles. The van der Waals surface area contributed by atoms with Crippen LogP contribution in [-0.2, 0) is 6.54 Å². The largest absolute Gasteiger partial charge is 0.480 e. The Morgan fingerprint density at radius 1 is 1.40 bits per heavy atom. The van der Waals surface area contributed by atoms with Crippen LogP contribution in [0.15, 0.2) is 29.8 Å². The Balaban J connectivity index is 1.89. The maximum Gasteiger partial charge on any atom is 0.238 e. The molecule has 0 aliphatic rings. The number of imidazole rings is 1. The maximum absolute atomic E-state index is 13.6. The minimum absolute atomic E-state index is 0.109. The molecule has 2 heterocycles. The Hall–Kier alpha value is -2.15. The van der Waals surface area contributed by atoms with Crippen LogP contribution in [0.3, 0.4) is 0 Å². The van der Waals surface area contributed by atoms with E-state index in [1.165, 1.54) is 18.4 Å².